The van der Waals surface area contributed by atoms with Gasteiger partial charge in [-0.15, -0.1) is 0 Å². The van der Waals surface area contributed by atoms with Crippen LogP contribution < -0.4 is 16.0 Å². The number of carbonyl (C=O) groups excluding carboxylic acids is 1. The Bertz CT molecular complexity index is 492. The van der Waals surface area contributed by atoms with E-state index in [1.807, 2.05) is 13.8 Å². The van der Waals surface area contributed by atoms with Crippen molar-refractivity contribution >= 4 is 28.2 Å². The molecule has 1 aromatic heterocycles. The maximum atomic E-state index is 12.4. The van der Waals surface area contributed by atoms with E-state index in [1.165, 1.54) is 30.6 Å². The Hall–Kier alpha value is -1.30. The van der Waals surface area contributed by atoms with Gasteiger partial charge in [-0.3, -0.25) is 4.79 Å². The molecule has 0 saturated carbocycles. The molecular weight excluding hydrogens is 284 g/mol. The van der Waals surface area contributed by atoms with Gasteiger partial charge in [-0.2, -0.15) is 0 Å². The molecule has 0 atom stereocenters. The van der Waals surface area contributed by atoms with Crippen molar-refractivity contribution in [3.63, 3.8) is 0 Å². The maximum Gasteiger partial charge on any atom is 0.265 e. The van der Waals surface area contributed by atoms with E-state index in [4.69, 9.17) is 5.73 Å². The number of aromatic nitrogens is 1. The predicted octanol–water partition coefficient (Wildman–Crippen LogP) is 3.02. The van der Waals surface area contributed by atoms with E-state index in [2.05, 4.69) is 22.1 Å². The lowest BCUT2D eigenvalue weighted by Gasteiger charge is -2.26. The monoisotopic (exact) mass is 310 g/mol. The van der Waals surface area contributed by atoms with Gasteiger partial charge in [0.1, 0.15) is 10.7 Å². The molecule has 0 aliphatic carbocycles. The van der Waals surface area contributed by atoms with Gasteiger partial charge in [0.05, 0.1) is 0 Å². The van der Waals surface area contributed by atoms with Crippen molar-refractivity contribution in [3.05, 3.63) is 4.88 Å². The number of nitrogens with one attached hydrogen (secondary N) is 1. The normalized spacial score (nSPS) is 16.0. The molecule has 2 heterocycles. The van der Waals surface area contributed by atoms with E-state index in [9.17, 15) is 4.79 Å². The van der Waals surface area contributed by atoms with Gasteiger partial charge in [0, 0.05) is 18.6 Å². The highest BCUT2D eigenvalue weighted by atomic mass is 32.1. The topological polar surface area (TPSA) is 71.2 Å². The van der Waals surface area contributed by atoms with Crippen LogP contribution in [0.3, 0.4) is 0 Å². The summed E-state index contributed by atoms with van der Waals surface area (Å²) < 4.78 is 0. The van der Waals surface area contributed by atoms with E-state index in [0.717, 1.165) is 31.1 Å². The first kappa shape index (κ1) is 16.1. The van der Waals surface area contributed by atoms with Crippen LogP contribution in [0.5, 0.6) is 0 Å². The average molecular weight is 310 g/mol. The smallest absolute Gasteiger partial charge is 0.265 e. The zero-order valence-corrected chi connectivity index (χ0v) is 14.1. The van der Waals surface area contributed by atoms with Crippen molar-refractivity contribution in [2.24, 2.45) is 0 Å². The minimum absolute atomic E-state index is 0.105. The summed E-state index contributed by atoms with van der Waals surface area (Å²) in [6.07, 6.45) is 5.62. The van der Waals surface area contributed by atoms with Crippen LogP contribution in [-0.2, 0) is 0 Å². The van der Waals surface area contributed by atoms with Crippen molar-refractivity contribution in [3.8, 4) is 0 Å². The van der Waals surface area contributed by atoms with Gasteiger partial charge in [-0.25, -0.2) is 4.98 Å². The molecule has 118 valence electrons. The van der Waals surface area contributed by atoms with Crippen molar-refractivity contribution < 1.29 is 4.79 Å². The molecule has 2 rings (SSSR count). The van der Waals surface area contributed by atoms with E-state index in [0.29, 0.717) is 10.7 Å². The first-order valence-corrected chi connectivity index (χ1v) is 8.58. The molecule has 21 heavy (non-hydrogen) atoms. The van der Waals surface area contributed by atoms with Crippen LogP contribution in [-0.4, -0.2) is 29.5 Å². The number of rotatable bonds is 5. The number of nitrogen functional groups attached to an aromatic ring is 1. The lowest BCUT2D eigenvalue weighted by atomic mass is 9.99. The predicted molar refractivity (Wildman–Crippen MR) is 89.0 cm³/mol. The van der Waals surface area contributed by atoms with Crippen molar-refractivity contribution in [1.29, 1.82) is 0 Å². The van der Waals surface area contributed by atoms with Gasteiger partial charge in [-0.1, -0.05) is 24.7 Å². The third-order valence-electron chi connectivity index (χ3n) is 3.80. The Morgan fingerprint density at radius 3 is 2.67 bits per heavy atom. The number of nitrogens with two attached hydrogens (primary N) is 1. The van der Waals surface area contributed by atoms with E-state index in [-0.39, 0.29) is 11.4 Å². The molecule has 1 amide bonds. The highest BCUT2D eigenvalue weighted by molar-refractivity contribution is 7.18. The fourth-order valence-corrected chi connectivity index (χ4v) is 3.69. The summed E-state index contributed by atoms with van der Waals surface area (Å²) in [5, 5.41) is 3.94. The summed E-state index contributed by atoms with van der Waals surface area (Å²) in [4.78, 5) is 19.6. The summed E-state index contributed by atoms with van der Waals surface area (Å²) in [6.45, 7) is 8.21. The second-order valence-corrected chi connectivity index (χ2v) is 7.32. The number of hydrogen-bond donors (Lipinski definition) is 2. The van der Waals surface area contributed by atoms with E-state index < -0.39 is 0 Å². The van der Waals surface area contributed by atoms with Crippen LogP contribution in [0.25, 0.3) is 0 Å². The van der Waals surface area contributed by atoms with Crippen LogP contribution in [0.15, 0.2) is 0 Å². The van der Waals surface area contributed by atoms with Crippen LogP contribution >= 0.6 is 11.3 Å². The molecule has 1 aliphatic heterocycles. The SMILES string of the molecule is CCCC(C)(C)NC(=O)c1sc(N2CCCCC2)nc1N. The number of carbonyl (C=O) groups is 1. The number of piperidine rings is 1. The molecule has 1 saturated heterocycles. The quantitative estimate of drug-likeness (QED) is 0.877. The lowest BCUT2D eigenvalue weighted by Crippen LogP contribution is -2.43. The first-order valence-electron chi connectivity index (χ1n) is 7.76. The maximum absolute atomic E-state index is 12.4. The van der Waals surface area contributed by atoms with Crippen LogP contribution in [0.4, 0.5) is 10.9 Å². The second kappa shape index (κ2) is 6.64. The van der Waals surface area contributed by atoms with Gasteiger partial charge < -0.3 is 16.0 Å². The zero-order chi connectivity index (χ0) is 15.5. The summed E-state index contributed by atoms with van der Waals surface area (Å²) in [5.41, 5.74) is 5.74. The number of hydrogen-bond acceptors (Lipinski definition) is 5. The minimum Gasteiger partial charge on any atom is -0.382 e. The number of thiazole rings is 1. The molecule has 1 fully saturated rings. The van der Waals surface area contributed by atoms with Crippen molar-refractivity contribution in [1.82, 2.24) is 10.3 Å². The minimum atomic E-state index is -0.215. The fraction of sp³-hybridized carbons (Fsp3) is 0.733. The van der Waals surface area contributed by atoms with Crippen molar-refractivity contribution in [2.45, 2.75) is 58.4 Å². The Balaban J connectivity index is 2.09. The molecular formula is C15H26N4OS. The molecule has 1 aromatic rings. The second-order valence-electron chi connectivity index (χ2n) is 6.35. The summed E-state index contributed by atoms with van der Waals surface area (Å²) in [6, 6.07) is 0. The highest BCUT2D eigenvalue weighted by Gasteiger charge is 2.25. The van der Waals surface area contributed by atoms with Crippen molar-refractivity contribution in [2.75, 3.05) is 23.7 Å². The van der Waals surface area contributed by atoms with Crippen LogP contribution in [0, 0.1) is 0 Å². The lowest BCUT2D eigenvalue weighted by molar-refractivity contribution is 0.0914. The molecule has 0 unspecified atom stereocenters. The van der Waals surface area contributed by atoms with Gasteiger partial charge in [0.2, 0.25) is 0 Å². The Labute approximate surface area is 130 Å². The molecule has 0 spiro atoms. The van der Waals surface area contributed by atoms with Crippen LogP contribution in [0.1, 0.15) is 62.5 Å². The third-order valence-corrected chi connectivity index (χ3v) is 4.93. The largest absolute Gasteiger partial charge is 0.382 e. The van der Waals surface area contributed by atoms with Gasteiger partial charge in [0.15, 0.2) is 5.13 Å². The van der Waals surface area contributed by atoms with E-state index >= 15 is 0 Å². The van der Waals surface area contributed by atoms with E-state index in [1.54, 1.807) is 0 Å². The molecule has 6 heteroatoms. The Morgan fingerprint density at radius 1 is 1.38 bits per heavy atom. The first-order chi connectivity index (χ1) is 9.93. The van der Waals surface area contributed by atoms with Gasteiger partial charge in [-0.05, 0) is 39.5 Å². The standard InChI is InChI=1S/C15H26N4OS/c1-4-8-15(2,3)18-13(20)11-12(16)17-14(21-11)19-9-6-5-7-10-19/h4-10,16H2,1-3H3,(H,18,20). The van der Waals surface area contributed by atoms with Gasteiger partial charge in [0.25, 0.3) is 5.91 Å². The zero-order valence-electron chi connectivity index (χ0n) is 13.2. The number of nitrogens with zero attached hydrogens (tertiary/aromatic N) is 2. The number of amides is 1. The molecule has 0 aromatic carbocycles. The third kappa shape index (κ3) is 4.09. The molecule has 0 radical (unpaired) electrons. The average Bonchev–Trinajstić information content (AvgIpc) is 2.81. The summed E-state index contributed by atoms with van der Waals surface area (Å²) in [5.74, 6) is 0.247. The summed E-state index contributed by atoms with van der Waals surface area (Å²) in [7, 11) is 0. The molecule has 1 aliphatic rings. The van der Waals surface area contributed by atoms with Gasteiger partial charge >= 0.3 is 0 Å². The Morgan fingerprint density at radius 2 is 2.05 bits per heavy atom. The molecule has 0 bridgehead atoms. The summed E-state index contributed by atoms with van der Waals surface area (Å²) >= 11 is 1.41. The highest BCUT2D eigenvalue weighted by Crippen LogP contribution is 2.30. The Kier molecular flexibility index (Phi) is 5.08. The number of anilines is 2. The molecule has 5 nitrogen and oxygen atoms in total. The molecule has 3 N–H and O–H groups in total. The fourth-order valence-electron chi connectivity index (χ4n) is 2.75. The van der Waals surface area contributed by atoms with Crippen LogP contribution in [0.2, 0.25) is 0 Å².